The lowest BCUT2D eigenvalue weighted by Gasteiger charge is -2.12. The van der Waals surface area contributed by atoms with Gasteiger partial charge in [-0.3, -0.25) is 0 Å². The molecule has 0 aromatic rings. The third-order valence-corrected chi connectivity index (χ3v) is 2.06. The van der Waals surface area contributed by atoms with Crippen LogP contribution < -0.4 is 0 Å². The molecule has 0 N–H and O–H groups in total. The SMILES string of the molecule is C1CCC1.CC.CCC(C)(C)C. The Morgan fingerprint density at radius 2 is 1.00 bits per heavy atom. The predicted octanol–water partition coefficient (Wildman–Crippen LogP) is 5.03. The molecule has 1 aliphatic carbocycles. The summed E-state index contributed by atoms with van der Waals surface area (Å²) in [5.41, 5.74) is 0.542. The van der Waals surface area contributed by atoms with E-state index in [-0.39, 0.29) is 0 Å². The Bertz CT molecular complexity index is 58.6. The molecule has 1 aliphatic rings. The first-order valence-corrected chi connectivity index (χ1v) is 5.56. The van der Waals surface area contributed by atoms with Gasteiger partial charge in [0, 0.05) is 0 Å². The van der Waals surface area contributed by atoms with Gasteiger partial charge in [0.25, 0.3) is 0 Å². The highest BCUT2D eigenvalue weighted by molar-refractivity contribution is 4.55. The van der Waals surface area contributed by atoms with Crippen LogP contribution in [0.15, 0.2) is 0 Å². The van der Waals surface area contributed by atoms with Gasteiger partial charge < -0.3 is 0 Å². The highest BCUT2D eigenvalue weighted by Crippen LogP contribution is 2.16. The third kappa shape index (κ3) is 16.5. The molecule has 0 unspecified atom stereocenters. The number of rotatable bonds is 0. The van der Waals surface area contributed by atoms with Crippen LogP contribution in [0, 0.1) is 5.41 Å². The molecule has 0 atom stereocenters. The van der Waals surface area contributed by atoms with Crippen molar-refractivity contribution in [3.8, 4) is 0 Å². The Hall–Kier alpha value is 0. The first-order valence-electron chi connectivity index (χ1n) is 5.56. The molecule has 0 bridgehead atoms. The van der Waals surface area contributed by atoms with Crippen LogP contribution in [0.1, 0.15) is 73.6 Å². The summed E-state index contributed by atoms with van der Waals surface area (Å²) in [6, 6.07) is 0. The van der Waals surface area contributed by atoms with Gasteiger partial charge in [-0.2, -0.15) is 0 Å². The minimum atomic E-state index is 0.542. The molecule has 0 heteroatoms. The van der Waals surface area contributed by atoms with Crippen LogP contribution >= 0.6 is 0 Å². The zero-order valence-electron chi connectivity index (χ0n) is 10.0. The van der Waals surface area contributed by atoms with Gasteiger partial charge in [0.15, 0.2) is 0 Å². The van der Waals surface area contributed by atoms with Gasteiger partial charge in [-0.1, -0.05) is 73.6 Å². The second-order valence-corrected chi connectivity index (χ2v) is 4.33. The summed E-state index contributed by atoms with van der Waals surface area (Å²) >= 11 is 0. The van der Waals surface area contributed by atoms with E-state index in [4.69, 9.17) is 0 Å². The van der Waals surface area contributed by atoms with Crippen molar-refractivity contribution in [2.45, 2.75) is 73.6 Å². The normalized spacial score (nSPS) is 14.5. The molecule has 0 spiro atoms. The molecule has 0 aromatic heterocycles. The second kappa shape index (κ2) is 9.09. The van der Waals surface area contributed by atoms with E-state index in [1.165, 1.54) is 32.1 Å². The van der Waals surface area contributed by atoms with E-state index in [0.29, 0.717) is 5.41 Å². The molecule has 0 saturated heterocycles. The van der Waals surface area contributed by atoms with Gasteiger partial charge in [-0.25, -0.2) is 0 Å². The summed E-state index contributed by atoms with van der Waals surface area (Å²) in [5.74, 6) is 0. The average Bonchev–Trinajstić information content (AvgIpc) is 1.87. The Morgan fingerprint density at radius 3 is 1.00 bits per heavy atom. The lowest BCUT2D eigenvalue weighted by molar-refractivity contribution is 0.398. The van der Waals surface area contributed by atoms with E-state index < -0.39 is 0 Å². The van der Waals surface area contributed by atoms with E-state index in [1.807, 2.05) is 13.8 Å². The fourth-order valence-electron chi connectivity index (χ4n) is 0.250. The summed E-state index contributed by atoms with van der Waals surface area (Å²) in [6.45, 7) is 12.9. The Morgan fingerprint density at radius 1 is 0.833 bits per heavy atom. The maximum Gasteiger partial charge on any atom is -0.0385 e. The molecule has 0 nitrogen and oxygen atoms in total. The predicted molar refractivity (Wildman–Crippen MR) is 59.6 cm³/mol. The van der Waals surface area contributed by atoms with Gasteiger partial charge in [-0.05, 0) is 5.41 Å². The molecule has 0 heterocycles. The van der Waals surface area contributed by atoms with Crippen molar-refractivity contribution in [3.63, 3.8) is 0 Å². The van der Waals surface area contributed by atoms with Crippen LogP contribution in [0.2, 0.25) is 0 Å². The largest absolute Gasteiger partial charge is 0.0683 e. The molecule has 0 radical (unpaired) electrons. The summed E-state index contributed by atoms with van der Waals surface area (Å²) < 4.78 is 0. The third-order valence-electron chi connectivity index (χ3n) is 2.06. The zero-order chi connectivity index (χ0) is 10.0. The molecule has 76 valence electrons. The van der Waals surface area contributed by atoms with Gasteiger partial charge in [0.1, 0.15) is 0 Å². The highest BCUT2D eigenvalue weighted by atomic mass is 14.1. The van der Waals surface area contributed by atoms with Gasteiger partial charge in [-0.15, -0.1) is 0 Å². The second-order valence-electron chi connectivity index (χ2n) is 4.33. The van der Waals surface area contributed by atoms with E-state index in [2.05, 4.69) is 27.7 Å². The lowest BCUT2D eigenvalue weighted by Crippen LogP contribution is -2.00. The molecular weight excluding hydrogens is 144 g/mol. The minimum absolute atomic E-state index is 0.542. The van der Waals surface area contributed by atoms with Gasteiger partial charge in [0.2, 0.25) is 0 Å². The number of hydrogen-bond acceptors (Lipinski definition) is 0. The molecule has 1 saturated carbocycles. The number of hydrogen-bond donors (Lipinski definition) is 0. The van der Waals surface area contributed by atoms with Crippen LogP contribution in [0.25, 0.3) is 0 Å². The lowest BCUT2D eigenvalue weighted by atomic mass is 9.94. The Kier molecular flexibility index (Phi) is 11.0. The van der Waals surface area contributed by atoms with Crippen LogP contribution in [-0.4, -0.2) is 0 Å². The van der Waals surface area contributed by atoms with Crippen molar-refractivity contribution in [2.75, 3.05) is 0 Å². The molecule has 0 amide bonds. The summed E-state index contributed by atoms with van der Waals surface area (Å²) in [6.07, 6.45) is 7.27. The zero-order valence-corrected chi connectivity index (χ0v) is 10.0. The Labute approximate surface area is 79.8 Å². The van der Waals surface area contributed by atoms with Crippen LogP contribution in [-0.2, 0) is 0 Å². The van der Waals surface area contributed by atoms with Crippen molar-refractivity contribution >= 4 is 0 Å². The highest BCUT2D eigenvalue weighted by Gasteiger charge is 2.03. The standard InChI is InChI=1S/C6H14.C4H8.C2H6/c1-5-6(2,3)4;1-2-4-3-1;1-2/h5H2,1-4H3;1-4H2;1-2H3. The van der Waals surface area contributed by atoms with Crippen LogP contribution in [0.5, 0.6) is 0 Å². The van der Waals surface area contributed by atoms with E-state index >= 15 is 0 Å². The molecular formula is C12H28. The first kappa shape index (κ1) is 14.5. The average molecular weight is 172 g/mol. The maximum absolute atomic E-state index is 2.24. The molecule has 0 aromatic carbocycles. The van der Waals surface area contributed by atoms with Crippen molar-refractivity contribution in [3.05, 3.63) is 0 Å². The maximum atomic E-state index is 2.24. The molecule has 1 rings (SSSR count). The molecule has 1 fully saturated rings. The topological polar surface area (TPSA) is 0 Å². The first-order chi connectivity index (χ1) is 5.56. The van der Waals surface area contributed by atoms with Gasteiger partial charge in [0.05, 0.1) is 0 Å². The quantitative estimate of drug-likeness (QED) is 0.481. The molecule has 12 heavy (non-hydrogen) atoms. The van der Waals surface area contributed by atoms with Crippen molar-refractivity contribution in [1.82, 2.24) is 0 Å². The van der Waals surface area contributed by atoms with Crippen molar-refractivity contribution < 1.29 is 0 Å². The van der Waals surface area contributed by atoms with Gasteiger partial charge >= 0.3 is 0 Å². The van der Waals surface area contributed by atoms with Crippen molar-refractivity contribution in [1.29, 1.82) is 0 Å². The summed E-state index contributed by atoms with van der Waals surface area (Å²) in [7, 11) is 0. The molecule has 0 aliphatic heterocycles. The van der Waals surface area contributed by atoms with E-state index in [0.717, 1.165) is 0 Å². The summed E-state index contributed by atoms with van der Waals surface area (Å²) in [5, 5.41) is 0. The fraction of sp³-hybridized carbons (Fsp3) is 1.00. The van der Waals surface area contributed by atoms with E-state index in [1.54, 1.807) is 0 Å². The smallest absolute Gasteiger partial charge is 0.0385 e. The van der Waals surface area contributed by atoms with E-state index in [9.17, 15) is 0 Å². The fourth-order valence-corrected chi connectivity index (χ4v) is 0.250. The van der Waals surface area contributed by atoms with Crippen LogP contribution in [0.4, 0.5) is 0 Å². The Balaban J connectivity index is 0. The summed E-state index contributed by atoms with van der Waals surface area (Å²) in [4.78, 5) is 0. The van der Waals surface area contributed by atoms with Crippen LogP contribution in [0.3, 0.4) is 0 Å². The minimum Gasteiger partial charge on any atom is -0.0683 e. The van der Waals surface area contributed by atoms with Crippen molar-refractivity contribution in [2.24, 2.45) is 5.41 Å². The monoisotopic (exact) mass is 172 g/mol.